The van der Waals surface area contributed by atoms with Crippen LogP contribution in [0.15, 0.2) is 24.3 Å². The van der Waals surface area contributed by atoms with E-state index in [1.165, 1.54) is 5.56 Å². The predicted molar refractivity (Wildman–Crippen MR) is 70.6 cm³/mol. The summed E-state index contributed by atoms with van der Waals surface area (Å²) in [7, 11) is 2.00. The number of nitrogens with zero attached hydrogens (tertiary/aromatic N) is 1. The molecule has 0 heterocycles. The van der Waals surface area contributed by atoms with E-state index in [2.05, 4.69) is 36.1 Å². The Hall–Kier alpha value is -1.51. The fraction of sp³-hybridized carbons (Fsp3) is 0.500. The van der Waals surface area contributed by atoms with E-state index >= 15 is 0 Å². The Balaban J connectivity index is 2.45. The fourth-order valence-corrected chi connectivity index (χ4v) is 1.80. The van der Waals surface area contributed by atoms with Crippen molar-refractivity contribution in [3.63, 3.8) is 0 Å². The summed E-state index contributed by atoms with van der Waals surface area (Å²) in [6.07, 6.45) is 3.19. The van der Waals surface area contributed by atoms with Gasteiger partial charge in [0.25, 0.3) is 0 Å². The molecule has 3 heteroatoms. The maximum atomic E-state index is 10.4. The molecule has 0 radical (unpaired) electrons. The van der Waals surface area contributed by atoms with Crippen LogP contribution in [0.2, 0.25) is 0 Å². The van der Waals surface area contributed by atoms with Crippen molar-refractivity contribution in [2.24, 2.45) is 0 Å². The molecule has 1 rings (SSSR count). The van der Waals surface area contributed by atoms with E-state index in [0.717, 1.165) is 25.1 Å². The number of benzene rings is 1. The normalized spacial score (nSPS) is 10.2. The van der Waals surface area contributed by atoms with Gasteiger partial charge in [-0.3, -0.25) is 4.79 Å². The van der Waals surface area contributed by atoms with Crippen LogP contribution in [0.3, 0.4) is 0 Å². The highest BCUT2D eigenvalue weighted by molar-refractivity contribution is 5.66. The van der Waals surface area contributed by atoms with Gasteiger partial charge in [0, 0.05) is 25.7 Å². The van der Waals surface area contributed by atoms with Crippen LogP contribution < -0.4 is 4.90 Å². The van der Waals surface area contributed by atoms with Crippen LogP contribution in [-0.2, 0) is 11.2 Å². The SMILES string of the molecule is CCCc1ccc(N(C)CCCC(=O)O)cc1. The van der Waals surface area contributed by atoms with Gasteiger partial charge in [-0.05, 0) is 30.5 Å². The lowest BCUT2D eigenvalue weighted by atomic mass is 10.1. The summed E-state index contributed by atoms with van der Waals surface area (Å²) < 4.78 is 0. The molecule has 0 saturated heterocycles. The lowest BCUT2D eigenvalue weighted by molar-refractivity contribution is -0.137. The van der Waals surface area contributed by atoms with Crippen LogP contribution in [0.4, 0.5) is 5.69 Å². The monoisotopic (exact) mass is 235 g/mol. The first-order valence-corrected chi connectivity index (χ1v) is 6.15. The average molecular weight is 235 g/mol. The Morgan fingerprint density at radius 3 is 2.47 bits per heavy atom. The van der Waals surface area contributed by atoms with Crippen molar-refractivity contribution in [2.45, 2.75) is 32.6 Å². The van der Waals surface area contributed by atoms with Gasteiger partial charge >= 0.3 is 5.97 Å². The van der Waals surface area contributed by atoms with E-state index in [-0.39, 0.29) is 6.42 Å². The highest BCUT2D eigenvalue weighted by Gasteiger charge is 2.02. The zero-order chi connectivity index (χ0) is 12.7. The number of anilines is 1. The van der Waals surface area contributed by atoms with Crippen LogP contribution in [0.25, 0.3) is 0 Å². The molecule has 0 atom stereocenters. The summed E-state index contributed by atoms with van der Waals surface area (Å²) in [5.41, 5.74) is 2.51. The van der Waals surface area contributed by atoms with Crippen molar-refractivity contribution in [1.29, 1.82) is 0 Å². The molecule has 94 valence electrons. The van der Waals surface area contributed by atoms with Gasteiger partial charge in [0.15, 0.2) is 0 Å². The second kappa shape index (κ2) is 6.94. The molecule has 3 nitrogen and oxygen atoms in total. The standard InChI is InChI=1S/C14H21NO2/c1-3-5-12-7-9-13(10-8-12)15(2)11-4-6-14(16)17/h7-10H,3-6,11H2,1-2H3,(H,16,17). The van der Waals surface area contributed by atoms with Gasteiger partial charge in [0.2, 0.25) is 0 Å². The second-order valence-corrected chi connectivity index (χ2v) is 4.34. The molecule has 0 fully saturated rings. The fourth-order valence-electron chi connectivity index (χ4n) is 1.80. The lowest BCUT2D eigenvalue weighted by Gasteiger charge is -2.19. The molecule has 0 amide bonds. The molecule has 0 aromatic heterocycles. The summed E-state index contributed by atoms with van der Waals surface area (Å²) in [5, 5.41) is 8.57. The Morgan fingerprint density at radius 2 is 1.94 bits per heavy atom. The zero-order valence-corrected chi connectivity index (χ0v) is 10.6. The lowest BCUT2D eigenvalue weighted by Crippen LogP contribution is -2.19. The first-order chi connectivity index (χ1) is 8.13. The average Bonchev–Trinajstić information content (AvgIpc) is 2.30. The molecular formula is C14H21NO2. The molecule has 0 aliphatic heterocycles. The van der Waals surface area contributed by atoms with Crippen LogP contribution in [0, 0.1) is 0 Å². The van der Waals surface area contributed by atoms with Crippen LogP contribution in [-0.4, -0.2) is 24.7 Å². The van der Waals surface area contributed by atoms with E-state index in [0.29, 0.717) is 6.42 Å². The van der Waals surface area contributed by atoms with E-state index in [1.807, 2.05) is 7.05 Å². The summed E-state index contributed by atoms with van der Waals surface area (Å²) in [5.74, 6) is -0.725. The Labute approximate surface area is 103 Å². The molecule has 0 aliphatic rings. The van der Waals surface area contributed by atoms with E-state index in [4.69, 9.17) is 5.11 Å². The Morgan fingerprint density at radius 1 is 1.29 bits per heavy atom. The van der Waals surface area contributed by atoms with Gasteiger partial charge < -0.3 is 10.0 Å². The number of rotatable bonds is 7. The number of hydrogen-bond donors (Lipinski definition) is 1. The van der Waals surface area contributed by atoms with Crippen LogP contribution in [0.1, 0.15) is 31.7 Å². The molecule has 1 aromatic carbocycles. The van der Waals surface area contributed by atoms with Crippen LogP contribution in [0.5, 0.6) is 0 Å². The first-order valence-electron chi connectivity index (χ1n) is 6.15. The van der Waals surface area contributed by atoms with Gasteiger partial charge in [-0.1, -0.05) is 25.5 Å². The summed E-state index contributed by atoms with van der Waals surface area (Å²) in [6.45, 7) is 2.95. The topological polar surface area (TPSA) is 40.5 Å². The molecule has 0 saturated carbocycles. The maximum Gasteiger partial charge on any atom is 0.303 e. The minimum absolute atomic E-state index is 0.234. The molecule has 17 heavy (non-hydrogen) atoms. The minimum atomic E-state index is -0.725. The number of carboxylic acids is 1. The summed E-state index contributed by atoms with van der Waals surface area (Å²) >= 11 is 0. The van der Waals surface area contributed by atoms with Crippen molar-refractivity contribution < 1.29 is 9.90 Å². The third kappa shape index (κ3) is 4.89. The number of carboxylic acid groups (broad SMARTS) is 1. The molecule has 0 bridgehead atoms. The number of aryl methyl sites for hydroxylation is 1. The van der Waals surface area contributed by atoms with Crippen molar-refractivity contribution in [1.82, 2.24) is 0 Å². The summed E-state index contributed by atoms with van der Waals surface area (Å²) in [6, 6.07) is 8.50. The molecule has 1 aromatic rings. The molecule has 0 unspecified atom stereocenters. The quantitative estimate of drug-likeness (QED) is 0.790. The highest BCUT2D eigenvalue weighted by atomic mass is 16.4. The smallest absolute Gasteiger partial charge is 0.303 e. The molecule has 0 spiro atoms. The van der Waals surface area contributed by atoms with E-state index < -0.39 is 5.97 Å². The van der Waals surface area contributed by atoms with E-state index in [1.54, 1.807) is 0 Å². The van der Waals surface area contributed by atoms with E-state index in [9.17, 15) is 4.79 Å². The van der Waals surface area contributed by atoms with Crippen molar-refractivity contribution in [3.8, 4) is 0 Å². The Kier molecular flexibility index (Phi) is 5.53. The van der Waals surface area contributed by atoms with Crippen molar-refractivity contribution >= 4 is 11.7 Å². The minimum Gasteiger partial charge on any atom is -0.481 e. The highest BCUT2D eigenvalue weighted by Crippen LogP contribution is 2.15. The predicted octanol–water partition coefficient (Wildman–Crippen LogP) is 2.94. The third-order valence-corrected chi connectivity index (χ3v) is 2.80. The van der Waals surface area contributed by atoms with Gasteiger partial charge in [-0.2, -0.15) is 0 Å². The van der Waals surface area contributed by atoms with Gasteiger partial charge in [0.05, 0.1) is 0 Å². The number of hydrogen-bond acceptors (Lipinski definition) is 2. The molecule has 0 aliphatic carbocycles. The first kappa shape index (κ1) is 13.6. The third-order valence-electron chi connectivity index (χ3n) is 2.80. The largest absolute Gasteiger partial charge is 0.481 e. The van der Waals surface area contributed by atoms with Crippen molar-refractivity contribution in [3.05, 3.63) is 29.8 Å². The molecule has 1 N–H and O–H groups in total. The van der Waals surface area contributed by atoms with Gasteiger partial charge in [-0.25, -0.2) is 0 Å². The zero-order valence-electron chi connectivity index (χ0n) is 10.6. The maximum absolute atomic E-state index is 10.4. The van der Waals surface area contributed by atoms with Crippen molar-refractivity contribution in [2.75, 3.05) is 18.5 Å². The van der Waals surface area contributed by atoms with Gasteiger partial charge in [0.1, 0.15) is 0 Å². The van der Waals surface area contributed by atoms with Crippen LogP contribution >= 0.6 is 0 Å². The summed E-state index contributed by atoms with van der Waals surface area (Å²) in [4.78, 5) is 12.5. The number of aliphatic carboxylic acids is 1. The molecular weight excluding hydrogens is 214 g/mol. The second-order valence-electron chi connectivity index (χ2n) is 4.34. The number of carbonyl (C=O) groups is 1. The Bertz CT molecular complexity index is 346. The van der Waals surface area contributed by atoms with Gasteiger partial charge in [-0.15, -0.1) is 0 Å².